The van der Waals surface area contributed by atoms with Crippen molar-refractivity contribution in [3.63, 3.8) is 0 Å². The first-order chi connectivity index (χ1) is 11.2. The van der Waals surface area contributed by atoms with E-state index in [1.807, 2.05) is 42.5 Å². The lowest BCUT2D eigenvalue weighted by Gasteiger charge is -2.12. The molecule has 2 aromatic carbocycles. The molecule has 0 aromatic heterocycles. The Morgan fingerprint density at radius 3 is 2.65 bits per heavy atom. The smallest absolute Gasteiger partial charge is 0.260 e. The number of carbonyl (C=O) groups is 1. The van der Waals surface area contributed by atoms with E-state index in [-0.39, 0.29) is 11.4 Å². The van der Waals surface area contributed by atoms with Crippen molar-refractivity contribution in [1.82, 2.24) is 5.32 Å². The molecule has 0 aliphatic carbocycles. The Bertz CT molecular complexity index is 743. The van der Waals surface area contributed by atoms with Gasteiger partial charge in [-0.3, -0.25) is 4.79 Å². The summed E-state index contributed by atoms with van der Waals surface area (Å²) in [6.45, 7) is 2.13. The van der Waals surface area contributed by atoms with Crippen molar-refractivity contribution in [3.05, 3.63) is 69.0 Å². The molecule has 1 fully saturated rings. The fourth-order valence-corrected chi connectivity index (χ4v) is 3.66. The van der Waals surface area contributed by atoms with E-state index < -0.39 is 0 Å². The van der Waals surface area contributed by atoms with Crippen LogP contribution < -0.4 is 10.6 Å². The monoisotopic (exact) mass is 388 g/mol. The zero-order valence-corrected chi connectivity index (χ0v) is 15.1. The van der Waals surface area contributed by atoms with Gasteiger partial charge in [0.05, 0.1) is 4.91 Å². The van der Waals surface area contributed by atoms with Crippen molar-refractivity contribution < 1.29 is 4.79 Å². The van der Waals surface area contributed by atoms with E-state index in [9.17, 15) is 4.79 Å². The number of rotatable bonds is 4. The number of hydrogen-bond acceptors (Lipinski definition) is 3. The van der Waals surface area contributed by atoms with E-state index in [0.717, 1.165) is 22.1 Å². The molecule has 1 aliphatic heterocycles. The molecule has 3 nitrogen and oxygen atoms in total. The van der Waals surface area contributed by atoms with Crippen LogP contribution >= 0.6 is 27.7 Å². The number of hydrogen-bond donors (Lipinski definition) is 2. The minimum atomic E-state index is -0.149. The molecule has 1 aliphatic rings. The summed E-state index contributed by atoms with van der Waals surface area (Å²) in [7, 11) is 0. The average molecular weight is 389 g/mol. The second kappa shape index (κ2) is 7.23. The summed E-state index contributed by atoms with van der Waals surface area (Å²) in [5, 5.41) is 6.28. The number of benzene rings is 2. The molecule has 1 heterocycles. The summed E-state index contributed by atoms with van der Waals surface area (Å²) in [5.74, 6) is -0.0477. The van der Waals surface area contributed by atoms with Crippen molar-refractivity contribution >= 4 is 45.4 Å². The summed E-state index contributed by atoms with van der Waals surface area (Å²) in [4.78, 5) is 12.8. The minimum Gasteiger partial charge on any atom is -0.357 e. The van der Waals surface area contributed by atoms with E-state index in [1.54, 1.807) is 0 Å². The highest BCUT2D eigenvalue weighted by Gasteiger charge is 2.27. The highest BCUT2D eigenvalue weighted by molar-refractivity contribution is 9.10. The van der Waals surface area contributed by atoms with E-state index >= 15 is 0 Å². The molecule has 1 saturated heterocycles. The molecule has 0 bridgehead atoms. The first-order valence-corrected chi connectivity index (χ1v) is 9.12. The standard InChI is InChI=1S/C18H17BrN2OS/c1-2-12-7-9-14(10-8-12)20-18-21-17(22)16(23-18)11-13-5-3-4-6-15(13)19/h3-11,18,20H,2H2,1H3,(H,21,22)/b16-11-. The van der Waals surface area contributed by atoms with Crippen LogP contribution in [0.15, 0.2) is 57.9 Å². The lowest BCUT2D eigenvalue weighted by atomic mass is 10.1. The summed E-state index contributed by atoms with van der Waals surface area (Å²) in [6.07, 6.45) is 2.93. The van der Waals surface area contributed by atoms with Gasteiger partial charge in [-0.05, 0) is 41.8 Å². The van der Waals surface area contributed by atoms with Crippen molar-refractivity contribution in [2.45, 2.75) is 18.8 Å². The summed E-state index contributed by atoms with van der Waals surface area (Å²) in [6, 6.07) is 16.1. The van der Waals surface area contributed by atoms with Gasteiger partial charge in [0.2, 0.25) is 0 Å². The lowest BCUT2D eigenvalue weighted by Crippen LogP contribution is -2.30. The Labute approximate surface area is 148 Å². The highest BCUT2D eigenvalue weighted by Crippen LogP contribution is 2.31. The predicted molar refractivity (Wildman–Crippen MR) is 101 cm³/mol. The van der Waals surface area contributed by atoms with E-state index in [2.05, 4.69) is 45.6 Å². The van der Waals surface area contributed by atoms with Gasteiger partial charge in [-0.1, -0.05) is 64.9 Å². The first-order valence-electron chi connectivity index (χ1n) is 7.45. The second-order valence-electron chi connectivity index (χ2n) is 5.20. The molecular weight excluding hydrogens is 372 g/mol. The number of thioether (sulfide) groups is 1. The molecule has 118 valence electrons. The number of aryl methyl sites for hydroxylation is 1. The molecule has 1 unspecified atom stereocenters. The van der Waals surface area contributed by atoms with E-state index in [0.29, 0.717) is 4.91 Å². The largest absolute Gasteiger partial charge is 0.357 e. The number of amides is 1. The third kappa shape index (κ3) is 3.98. The fraction of sp³-hybridized carbons (Fsp3) is 0.167. The second-order valence-corrected chi connectivity index (χ2v) is 7.20. The quantitative estimate of drug-likeness (QED) is 0.751. The van der Waals surface area contributed by atoms with Crippen LogP contribution in [0.1, 0.15) is 18.1 Å². The molecule has 0 saturated carbocycles. The maximum atomic E-state index is 12.1. The van der Waals surface area contributed by atoms with Gasteiger partial charge in [0, 0.05) is 10.2 Å². The molecule has 0 spiro atoms. The van der Waals surface area contributed by atoms with E-state index in [4.69, 9.17) is 0 Å². The number of nitrogens with one attached hydrogen (secondary N) is 2. The Morgan fingerprint density at radius 2 is 1.96 bits per heavy atom. The summed E-state index contributed by atoms with van der Waals surface area (Å²) < 4.78 is 0.979. The zero-order chi connectivity index (χ0) is 16.2. The average Bonchev–Trinajstić information content (AvgIpc) is 2.90. The molecular formula is C18H17BrN2OS. The Balaban J connectivity index is 1.70. The lowest BCUT2D eigenvalue weighted by molar-refractivity contribution is -0.116. The van der Waals surface area contributed by atoms with E-state index in [1.165, 1.54) is 17.3 Å². The van der Waals surface area contributed by atoms with Gasteiger partial charge in [-0.25, -0.2) is 0 Å². The normalized spacial score (nSPS) is 19.0. The van der Waals surface area contributed by atoms with Crippen molar-refractivity contribution in [3.8, 4) is 0 Å². The van der Waals surface area contributed by atoms with Crippen LogP contribution in [0.2, 0.25) is 0 Å². The Hall–Kier alpha value is -1.72. The van der Waals surface area contributed by atoms with Gasteiger partial charge in [-0.15, -0.1) is 0 Å². The van der Waals surface area contributed by atoms with Crippen LogP contribution in [-0.2, 0) is 11.2 Å². The number of anilines is 1. The number of carbonyl (C=O) groups excluding carboxylic acids is 1. The predicted octanol–water partition coefficient (Wildman–Crippen LogP) is 4.61. The molecule has 5 heteroatoms. The van der Waals surface area contributed by atoms with Crippen molar-refractivity contribution in [2.24, 2.45) is 0 Å². The van der Waals surface area contributed by atoms with Gasteiger partial charge >= 0.3 is 0 Å². The van der Waals surface area contributed by atoms with Crippen LogP contribution in [0.5, 0.6) is 0 Å². The summed E-state index contributed by atoms with van der Waals surface area (Å²) >= 11 is 5.00. The molecule has 3 rings (SSSR count). The Kier molecular flexibility index (Phi) is 5.08. The molecule has 1 amide bonds. The Morgan fingerprint density at radius 1 is 1.22 bits per heavy atom. The van der Waals surface area contributed by atoms with Gasteiger partial charge in [0.15, 0.2) is 5.50 Å². The maximum absolute atomic E-state index is 12.1. The first kappa shape index (κ1) is 16.1. The van der Waals surface area contributed by atoms with Crippen LogP contribution in [0.3, 0.4) is 0 Å². The zero-order valence-electron chi connectivity index (χ0n) is 12.7. The van der Waals surface area contributed by atoms with Gasteiger partial charge < -0.3 is 10.6 Å². The van der Waals surface area contributed by atoms with Gasteiger partial charge in [0.1, 0.15) is 0 Å². The number of halogens is 1. The van der Waals surface area contributed by atoms with Crippen molar-refractivity contribution in [1.29, 1.82) is 0 Å². The molecule has 2 N–H and O–H groups in total. The summed E-state index contributed by atoms with van der Waals surface area (Å²) in [5.41, 5.74) is 3.15. The van der Waals surface area contributed by atoms with Gasteiger partial charge in [-0.2, -0.15) is 0 Å². The van der Waals surface area contributed by atoms with Crippen molar-refractivity contribution in [2.75, 3.05) is 5.32 Å². The molecule has 1 atom stereocenters. The SMILES string of the molecule is CCc1ccc(NC2NC(=O)/C(=C/c3ccccc3Br)S2)cc1. The molecule has 2 aromatic rings. The molecule has 0 radical (unpaired) electrons. The molecule has 23 heavy (non-hydrogen) atoms. The topological polar surface area (TPSA) is 41.1 Å². The van der Waals surface area contributed by atoms with Crippen LogP contribution in [0, 0.1) is 0 Å². The third-order valence-electron chi connectivity index (χ3n) is 3.58. The van der Waals surface area contributed by atoms with Crippen LogP contribution in [0.25, 0.3) is 6.08 Å². The fourth-order valence-electron chi connectivity index (χ4n) is 2.29. The third-order valence-corrected chi connectivity index (χ3v) is 5.33. The highest BCUT2D eigenvalue weighted by atomic mass is 79.9. The van der Waals surface area contributed by atoms with Crippen LogP contribution in [-0.4, -0.2) is 11.4 Å². The van der Waals surface area contributed by atoms with Crippen LogP contribution in [0.4, 0.5) is 5.69 Å². The van der Waals surface area contributed by atoms with Gasteiger partial charge in [0.25, 0.3) is 5.91 Å². The maximum Gasteiger partial charge on any atom is 0.260 e. The minimum absolute atomic E-state index is 0.0477.